The van der Waals surface area contributed by atoms with Crippen LogP contribution in [-0.2, 0) is 24.8 Å². The molecule has 0 fully saturated rings. The fraction of sp³-hybridized carbons (Fsp3) is 0.190. The Morgan fingerprint density at radius 1 is 1.06 bits per heavy atom. The molecule has 158 valence electrons. The quantitative estimate of drug-likeness (QED) is 0.423. The van der Waals surface area contributed by atoms with Gasteiger partial charge in [0.05, 0.1) is 6.54 Å². The summed E-state index contributed by atoms with van der Waals surface area (Å²) in [6.07, 6.45) is 2.15. The molecule has 0 unspecified atom stereocenters. The van der Waals surface area contributed by atoms with Crippen molar-refractivity contribution in [3.05, 3.63) is 91.2 Å². The highest BCUT2D eigenvalue weighted by molar-refractivity contribution is 5.90. The fourth-order valence-corrected chi connectivity index (χ4v) is 3.21. The van der Waals surface area contributed by atoms with Crippen LogP contribution in [0.4, 0.5) is 5.69 Å². The van der Waals surface area contributed by atoms with Crippen LogP contribution in [0, 0.1) is 0 Å². The maximum absolute atomic E-state index is 12.3. The van der Waals surface area contributed by atoms with Crippen molar-refractivity contribution in [2.45, 2.75) is 19.4 Å². The highest BCUT2D eigenvalue weighted by atomic mass is 16.2. The molecule has 4 rings (SSSR count). The smallest absolute Gasteiger partial charge is 0.329 e. The van der Waals surface area contributed by atoms with Crippen LogP contribution < -0.4 is 22.1 Å². The van der Waals surface area contributed by atoms with Crippen LogP contribution in [0.25, 0.3) is 11.2 Å². The second-order valence-corrected chi connectivity index (χ2v) is 7.11. The van der Waals surface area contributed by atoms with Crippen LogP contribution in [0.3, 0.4) is 0 Å². The van der Waals surface area contributed by atoms with E-state index < -0.39 is 11.2 Å². The Hall–Kier alpha value is -4.21. The van der Waals surface area contributed by atoms with E-state index in [0.29, 0.717) is 18.1 Å². The zero-order chi connectivity index (χ0) is 22.0. The van der Waals surface area contributed by atoms with E-state index in [1.54, 1.807) is 35.0 Å². The first-order valence-electron chi connectivity index (χ1n) is 9.63. The van der Waals surface area contributed by atoms with Crippen molar-refractivity contribution >= 4 is 22.8 Å². The second-order valence-electron chi connectivity index (χ2n) is 7.11. The average molecular weight is 420 g/mol. The number of H-pyrrole nitrogens is 2. The topological polar surface area (TPSA) is 135 Å². The molecule has 31 heavy (non-hydrogen) atoms. The molecule has 0 spiro atoms. The normalized spacial score (nSPS) is 11.0. The first-order valence-corrected chi connectivity index (χ1v) is 9.63. The van der Waals surface area contributed by atoms with E-state index in [1.165, 1.54) is 17.7 Å². The first-order chi connectivity index (χ1) is 14.9. The van der Waals surface area contributed by atoms with E-state index in [2.05, 4.69) is 20.3 Å². The maximum Gasteiger partial charge on any atom is 0.329 e. The van der Waals surface area contributed by atoms with Gasteiger partial charge in [-0.2, -0.15) is 0 Å². The molecule has 0 bridgehead atoms. The summed E-state index contributed by atoms with van der Waals surface area (Å²) in [6.45, 7) is 0.446. The summed E-state index contributed by atoms with van der Waals surface area (Å²) in [5.41, 5.74) is 0.852. The number of hydrogen-bond donors (Lipinski definition) is 3. The number of imidazole rings is 1. The molecular weight excluding hydrogens is 400 g/mol. The summed E-state index contributed by atoms with van der Waals surface area (Å²) in [7, 11) is 1.51. The van der Waals surface area contributed by atoms with Gasteiger partial charge in [-0.3, -0.25) is 23.9 Å². The molecule has 0 saturated heterocycles. The lowest BCUT2D eigenvalue weighted by molar-refractivity contribution is -0.116. The number of anilines is 1. The van der Waals surface area contributed by atoms with Gasteiger partial charge >= 0.3 is 5.69 Å². The molecule has 1 aromatic carbocycles. The molecule has 3 heterocycles. The molecule has 0 aliphatic carbocycles. The molecule has 0 saturated carbocycles. The Morgan fingerprint density at radius 3 is 2.58 bits per heavy atom. The van der Waals surface area contributed by atoms with E-state index in [0.717, 1.165) is 5.56 Å². The minimum atomic E-state index is -0.547. The molecule has 3 N–H and O–H groups in total. The van der Waals surface area contributed by atoms with Crippen LogP contribution in [-0.4, -0.2) is 30.0 Å². The number of aromatic amines is 2. The highest BCUT2D eigenvalue weighted by Crippen LogP contribution is 2.12. The zero-order valence-electron chi connectivity index (χ0n) is 16.7. The Balaban J connectivity index is 1.37. The molecule has 0 aliphatic heterocycles. The summed E-state index contributed by atoms with van der Waals surface area (Å²) >= 11 is 0. The SMILES string of the molecule is Cn1c(=O)[nH]c(=O)c2[nH]c(CCC(=O)Nc3ccc(Cn4ccccc4=O)cc3)nc21. The number of nitrogens with one attached hydrogen (secondary N) is 3. The number of carbonyl (C=O) groups is 1. The second kappa shape index (κ2) is 8.27. The number of aryl methyl sites for hydroxylation is 2. The van der Waals surface area contributed by atoms with Gasteiger partial charge in [0.25, 0.3) is 11.1 Å². The Kier molecular flexibility index (Phi) is 5.35. The third-order valence-corrected chi connectivity index (χ3v) is 4.88. The van der Waals surface area contributed by atoms with Gasteiger partial charge in [-0.05, 0) is 23.8 Å². The van der Waals surface area contributed by atoms with Crippen molar-refractivity contribution in [2.75, 3.05) is 5.32 Å². The van der Waals surface area contributed by atoms with E-state index >= 15 is 0 Å². The molecule has 10 heteroatoms. The molecule has 3 aromatic heterocycles. The number of carbonyl (C=O) groups excluding carboxylic acids is 1. The predicted molar refractivity (Wildman–Crippen MR) is 115 cm³/mol. The summed E-state index contributed by atoms with van der Waals surface area (Å²) in [6, 6.07) is 12.2. The van der Waals surface area contributed by atoms with Gasteiger partial charge in [0.15, 0.2) is 5.65 Å². The molecule has 4 aromatic rings. The summed E-state index contributed by atoms with van der Waals surface area (Å²) < 4.78 is 2.84. The third kappa shape index (κ3) is 4.37. The van der Waals surface area contributed by atoms with Gasteiger partial charge in [0.1, 0.15) is 11.3 Å². The molecule has 1 amide bonds. The van der Waals surface area contributed by atoms with Crippen molar-refractivity contribution < 1.29 is 4.79 Å². The van der Waals surface area contributed by atoms with Crippen LogP contribution in [0.1, 0.15) is 17.8 Å². The van der Waals surface area contributed by atoms with Gasteiger partial charge in [-0.25, -0.2) is 9.78 Å². The summed E-state index contributed by atoms with van der Waals surface area (Å²) in [5, 5.41) is 2.81. The highest BCUT2D eigenvalue weighted by Gasteiger charge is 2.12. The van der Waals surface area contributed by atoms with Gasteiger partial charge in [0.2, 0.25) is 5.91 Å². The number of hydrogen-bond acceptors (Lipinski definition) is 5. The lowest BCUT2D eigenvalue weighted by Gasteiger charge is -2.08. The molecule has 0 radical (unpaired) electrons. The number of rotatable bonds is 6. The monoisotopic (exact) mass is 420 g/mol. The number of amides is 1. The molecule has 0 atom stereocenters. The minimum absolute atomic E-state index is 0.0764. The van der Waals surface area contributed by atoms with E-state index in [4.69, 9.17) is 0 Å². The van der Waals surface area contributed by atoms with Crippen molar-refractivity contribution in [3.63, 3.8) is 0 Å². The number of fused-ring (bicyclic) bond motifs is 1. The predicted octanol–water partition coefficient (Wildman–Crippen LogP) is 0.731. The number of aromatic nitrogens is 5. The number of pyridine rings is 1. The Morgan fingerprint density at radius 2 is 1.84 bits per heavy atom. The van der Waals surface area contributed by atoms with Gasteiger partial charge in [0, 0.05) is 37.8 Å². The van der Waals surface area contributed by atoms with Crippen molar-refractivity contribution in [1.82, 2.24) is 24.1 Å². The lowest BCUT2D eigenvalue weighted by Crippen LogP contribution is -2.28. The first kappa shape index (κ1) is 20.1. The van der Waals surface area contributed by atoms with Crippen LogP contribution in [0.2, 0.25) is 0 Å². The number of benzene rings is 1. The third-order valence-electron chi connectivity index (χ3n) is 4.88. The van der Waals surface area contributed by atoms with Gasteiger partial charge < -0.3 is 14.9 Å². The lowest BCUT2D eigenvalue weighted by atomic mass is 10.2. The van der Waals surface area contributed by atoms with Crippen molar-refractivity contribution in [3.8, 4) is 0 Å². The zero-order valence-corrected chi connectivity index (χ0v) is 16.7. The van der Waals surface area contributed by atoms with Crippen molar-refractivity contribution in [1.29, 1.82) is 0 Å². The Labute approximate surface area is 175 Å². The molecule has 0 aliphatic rings. The summed E-state index contributed by atoms with van der Waals surface area (Å²) in [4.78, 5) is 56.9. The summed E-state index contributed by atoms with van der Waals surface area (Å²) in [5.74, 6) is 0.232. The van der Waals surface area contributed by atoms with Gasteiger partial charge in [-0.1, -0.05) is 18.2 Å². The maximum atomic E-state index is 12.3. The molecular formula is C21H20N6O4. The van der Waals surface area contributed by atoms with Crippen molar-refractivity contribution in [2.24, 2.45) is 7.05 Å². The number of nitrogens with zero attached hydrogens (tertiary/aromatic N) is 3. The Bertz CT molecular complexity index is 1430. The standard InChI is InChI=1S/C21H20N6O4/c1-26-19-18(20(30)25-21(26)31)23-15(24-19)9-10-16(28)22-14-7-5-13(6-8-14)12-27-11-3-2-4-17(27)29/h2-8,11H,9-10,12H2,1H3,(H,22,28)(H,23,24)(H,25,30,31). The average Bonchev–Trinajstić information content (AvgIpc) is 3.19. The largest absolute Gasteiger partial charge is 0.336 e. The van der Waals surface area contributed by atoms with Crippen LogP contribution >= 0.6 is 0 Å². The van der Waals surface area contributed by atoms with E-state index in [9.17, 15) is 19.2 Å². The fourth-order valence-electron chi connectivity index (χ4n) is 3.21. The van der Waals surface area contributed by atoms with Crippen LogP contribution in [0.5, 0.6) is 0 Å². The van der Waals surface area contributed by atoms with E-state index in [-0.39, 0.29) is 35.5 Å². The molecule has 10 nitrogen and oxygen atoms in total. The minimum Gasteiger partial charge on any atom is -0.336 e. The van der Waals surface area contributed by atoms with Crippen LogP contribution in [0.15, 0.2) is 63.0 Å². The van der Waals surface area contributed by atoms with E-state index in [1.807, 2.05) is 12.1 Å². The van der Waals surface area contributed by atoms with Gasteiger partial charge in [-0.15, -0.1) is 0 Å².